The zero-order valence-corrected chi connectivity index (χ0v) is 21.3. The summed E-state index contributed by atoms with van der Waals surface area (Å²) in [6.45, 7) is 3.08. The van der Waals surface area contributed by atoms with Crippen molar-refractivity contribution in [3.63, 3.8) is 0 Å². The molecule has 2 aromatic carbocycles. The molecule has 1 N–H and O–H groups in total. The van der Waals surface area contributed by atoms with Crippen LogP contribution >= 0.6 is 20.2 Å². The van der Waals surface area contributed by atoms with Crippen molar-refractivity contribution >= 4 is 31.8 Å². The van der Waals surface area contributed by atoms with Gasteiger partial charge < -0.3 is 0 Å². The number of rotatable bonds is 7. The van der Waals surface area contributed by atoms with Crippen molar-refractivity contribution in [3.05, 3.63) is 66.8 Å². The van der Waals surface area contributed by atoms with Crippen molar-refractivity contribution in [1.29, 1.82) is 0 Å². The van der Waals surface area contributed by atoms with Gasteiger partial charge in [0.15, 0.2) is 0 Å². The van der Waals surface area contributed by atoms with Gasteiger partial charge in [0.1, 0.15) is 0 Å². The van der Waals surface area contributed by atoms with Crippen molar-refractivity contribution < 1.29 is 38.9 Å². The Morgan fingerprint density at radius 3 is 2.14 bits per heavy atom. The number of halogens is 7. The Morgan fingerprint density at radius 2 is 1.63 bits per heavy atom. The molecule has 1 aliphatic rings. The zero-order valence-electron chi connectivity index (χ0n) is 19.1. The number of alkyl halides is 6. The number of allylic oxidation sites excluding steroid dienone is 1. The first-order valence-electron chi connectivity index (χ1n) is 10.6. The van der Waals surface area contributed by atoms with Crippen LogP contribution in [0.3, 0.4) is 0 Å². The van der Waals surface area contributed by atoms with E-state index in [9.17, 15) is 31.1 Å². The second-order valence-electron chi connectivity index (χ2n) is 7.78. The van der Waals surface area contributed by atoms with E-state index in [4.69, 9.17) is 7.80 Å². The molecule has 0 radical (unpaired) electrons. The maximum atomic E-state index is 14.2. The second kappa shape index (κ2) is 10.4. The Kier molecular flexibility index (Phi) is 8.09. The molecule has 1 aliphatic heterocycles. The van der Waals surface area contributed by atoms with Crippen LogP contribution in [0.2, 0.25) is 0 Å². The molecule has 11 heteroatoms. The van der Waals surface area contributed by atoms with Gasteiger partial charge in [-0.3, -0.25) is 0 Å². The molecule has 0 atom stereocenters. The molecular weight excluding hydrogens is 591 g/mol. The Morgan fingerprint density at radius 1 is 1.03 bits per heavy atom. The number of unbranched alkanes of at least 4 members (excludes halogenated alkanes) is 1. The number of fused-ring (bicyclic) bond motifs is 1. The minimum absolute atomic E-state index is 0.0891. The molecule has 0 bridgehead atoms. The van der Waals surface area contributed by atoms with Crippen LogP contribution in [0.5, 0.6) is 5.75 Å². The number of methoxy groups -OCH3 is 1. The van der Waals surface area contributed by atoms with Crippen LogP contribution in [0, 0.1) is 3.57 Å². The number of amides is 1. The predicted octanol–water partition coefficient (Wildman–Crippen LogP) is 7.33. The van der Waals surface area contributed by atoms with Gasteiger partial charge in [-0.2, -0.15) is 0 Å². The van der Waals surface area contributed by atoms with E-state index in [1.54, 1.807) is 24.3 Å². The van der Waals surface area contributed by atoms with E-state index in [-0.39, 0.29) is 19.3 Å². The van der Waals surface area contributed by atoms with E-state index in [0.717, 1.165) is 12.1 Å². The Labute approximate surface area is 206 Å². The summed E-state index contributed by atoms with van der Waals surface area (Å²) in [7, 11) is 1.46. The van der Waals surface area contributed by atoms with Crippen LogP contribution in [-0.2, 0) is 13.5 Å². The predicted molar refractivity (Wildman–Crippen MR) is 127 cm³/mol. The van der Waals surface area contributed by atoms with E-state index in [1.165, 1.54) is 26.2 Å². The molecule has 35 heavy (non-hydrogen) atoms. The van der Waals surface area contributed by atoms with Gasteiger partial charge in [0.25, 0.3) is 0 Å². The number of carbonyl (C=O) groups excluding carboxylic acids is 1. The number of hydrogen-bond donors (Lipinski definition) is 1. The fourth-order valence-corrected chi connectivity index (χ4v) is 9.71. The fraction of sp³-hybridized carbons (Fsp3) is 0.375. The average molecular weight is 615 g/mol. The Bertz CT molecular complexity index is 1080. The molecule has 0 spiro atoms. The number of hydrogen-bond acceptors (Lipinski definition) is 3. The van der Waals surface area contributed by atoms with Crippen molar-refractivity contribution in [3.8, 4) is 5.75 Å². The number of benzene rings is 2. The molecular formula is C24H24F6INO3. The van der Waals surface area contributed by atoms with Crippen LogP contribution in [0.4, 0.5) is 26.3 Å². The molecule has 0 saturated carbocycles. The summed E-state index contributed by atoms with van der Waals surface area (Å²) in [4.78, 5) is 12.1. The van der Waals surface area contributed by atoms with Crippen molar-refractivity contribution in [2.24, 2.45) is 0 Å². The second-order valence-corrected chi connectivity index (χ2v) is 12.1. The van der Waals surface area contributed by atoms with Crippen LogP contribution < -0.4 is 10.1 Å². The normalized spacial score (nSPS) is 17.0. The third kappa shape index (κ3) is 5.16. The van der Waals surface area contributed by atoms with Gasteiger partial charge in [0, 0.05) is 0 Å². The van der Waals surface area contributed by atoms with Gasteiger partial charge in [-0.15, -0.1) is 0 Å². The standard InChI is InChI=1S/C24H24F6INO3/c1-4-5-9-20(21(32-15(2)33)16-11-13-17(34-3)14-12-16)31-19-10-7-6-8-18(19)22(35-31,23(25,26)27)24(28,29)30/h6-8,10-14H,4-5,9H2,1-3H3,(H,32,33)/b21-20+. The summed E-state index contributed by atoms with van der Waals surface area (Å²) >= 11 is -3.80. The summed E-state index contributed by atoms with van der Waals surface area (Å²) < 4.78 is 95.6. The fourth-order valence-electron chi connectivity index (χ4n) is 3.68. The topological polar surface area (TPSA) is 47.6 Å². The van der Waals surface area contributed by atoms with E-state index in [0.29, 0.717) is 24.2 Å². The number of ether oxygens (including phenoxy) is 1. The van der Waals surface area contributed by atoms with Crippen LogP contribution in [-0.4, -0.2) is 25.4 Å². The van der Waals surface area contributed by atoms with Gasteiger partial charge in [-0.05, 0) is 0 Å². The van der Waals surface area contributed by atoms with E-state index < -0.39 is 49.7 Å². The first kappa shape index (κ1) is 27.3. The third-order valence-corrected chi connectivity index (χ3v) is 10.7. The molecule has 0 aliphatic carbocycles. The van der Waals surface area contributed by atoms with Gasteiger partial charge in [0.2, 0.25) is 0 Å². The molecule has 192 valence electrons. The SMILES string of the molecule is CCCC/C(=C(\NC(C)=O)c1ccc(OC)cc1)I1OC(C(F)(F)F)(C(F)(F)F)c2ccccc21. The molecule has 1 heterocycles. The minimum atomic E-state index is -5.74. The molecule has 0 aromatic heterocycles. The first-order valence-corrected chi connectivity index (χ1v) is 13.7. The quantitative estimate of drug-likeness (QED) is 0.262. The number of carbonyl (C=O) groups is 1. The maximum absolute atomic E-state index is 14.2. The summed E-state index contributed by atoms with van der Waals surface area (Å²) in [5.41, 5.74) is -4.76. The van der Waals surface area contributed by atoms with Gasteiger partial charge >= 0.3 is 207 Å². The molecule has 0 unspecified atom stereocenters. The van der Waals surface area contributed by atoms with E-state index in [2.05, 4.69) is 5.32 Å². The van der Waals surface area contributed by atoms with Crippen molar-refractivity contribution in [2.45, 2.75) is 51.1 Å². The van der Waals surface area contributed by atoms with E-state index in [1.807, 2.05) is 6.92 Å². The molecule has 1 amide bonds. The van der Waals surface area contributed by atoms with Crippen LogP contribution in [0.15, 0.2) is 52.1 Å². The van der Waals surface area contributed by atoms with E-state index >= 15 is 0 Å². The Balaban J connectivity index is 2.32. The number of nitrogens with one attached hydrogen (secondary N) is 1. The van der Waals surface area contributed by atoms with Crippen molar-refractivity contribution in [2.75, 3.05) is 7.11 Å². The average Bonchev–Trinajstić information content (AvgIpc) is 3.15. The monoisotopic (exact) mass is 615 g/mol. The summed E-state index contributed by atoms with van der Waals surface area (Å²) in [5.74, 6) is -0.00783. The summed E-state index contributed by atoms with van der Waals surface area (Å²) in [6.07, 6.45) is -10.2. The molecule has 2 aromatic rings. The third-order valence-electron chi connectivity index (χ3n) is 5.34. The van der Waals surface area contributed by atoms with Gasteiger partial charge in [-0.25, -0.2) is 0 Å². The molecule has 0 saturated heterocycles. The van der Waals surface area contributed by atoms with Gasteiger partial charge in [-0.1, -0.05) is 0 Å². The van der Waals surface area contributed by atoms with Gasteiger partial charge in [0.05, 0.1) is 0 Å². The summed E-state index contributed by atoms with van der Waals surface area (Å²) in [6, 6.07) is 11.0. The first-order chi connectivity index (χ1) is 16.4. The molecule has 3 rings (SSSR count). The summed E-state index contributed by atoms with van der Waals surface area (Å²) in [5, 5.41) is 2.65. The molecule has 0 fully saturated rings. The van der Waals surface area contributed by atoms with Crippen LogP contribution in [0.1, 0.15) is 44.2 Å². The van der Waals surface area contributed by atoms with Crippen molar-refractivity contribution in [1.82, 2.24) is 5.32 Å². The van der Waals surface area contributed by atoms with Crippen LogP contribution in [0.25, 0.3) is 5.70 Å². The Hall–Kier alpha value is -2.28. The molecule has 4 nitrogen and oxygen atoms in total. The zero-order chi connectivity index (χ0) is 26.0.